The van der Waals surface area contributed by atoms with Crippen molar-refractivity contribution in [2.75, 3.05) is 13.7 Å². The molecule has 0 saturated heterocycles. The first-order chi connectivity index (χ1) is 4.92. The van der Waals surface area contributed by atoms with Crippen LogP contribution in [0.2, 0.25) is 0 Å². The second kappa shape index (κ2) is 2.39. The molecule has 2 unspecified atom stereocenters. The van der Waals surface area contributed by atoms with Crippen molar-refractivity contribution in [3.05, 3.63) is 12.2 Å². The summed E-state index contributed by atoms with van der Waals surface area (Å²) < 4.78 is 5.17. The van der Waals surface area contributed by atoms with E-state index in [1.54, 1.807) is 7.11 Å². The van der Waals surface area contributed by atoms with Crippen molar-refractivity contribution in [3.8, 4) is 0 Å². The van der Waals surface area contributed by atoms with Gasteiger partial charge in [0.25, 0.3) is 0 Å². The fourth-order valence-corrected chi connectivity index (χ4v) is 2.33. The van der Waals surface area contributed by atoms with Gasteiger partial charge in [-0.3, -0.25) is 0 Å². The van der Waals surface area contributed by atoms with Crippen molar-refractivity contribution in [3.63, 3.8) is 0 Å². The fraction of sp³-hybridized carbons (Fsp3) is 0.778. The van der Waals surface area contributed by atoms with Crippen molar-refractivity contribution >= 4 is 0 Å². The largest absolute Gasteiger partial charge is 0.384 e. The Bertz CT molecular complexity index is 137. The predicted octanol–water partition coefficient (Wildman–Crippen LogP) is 1.85. The molecule has 2 atom stereocenters. The number of methoxy groups -OCH3 is 1. The van der Waals surface area contributed by atoms with Gasteiger partial charge in [0.15, 0.2) is 0 Å². The molecule has 0 heterocycles. The van der Waals surface area contributed by atoms with E-state index in [4.69, 9.17) is 4.74 Å². The number of allylic oxidation sites excluding steroid dienone is 2. The molecule has 0 radical (unpaired) electrons. The monoisotopic (exact) mass is 138 g/mol. The van der Waals surface area contributed by atoms with E-state index >= 15 is 0 Å². The number of ether oxygens (including phenoxy) is 1. The first kappa shape index (κ1) is 6.41. The van der Waals surface area contributed by atoms with E-state index < -0.39 is 0 Å². The summed E-state index contributed by atoms with van der Waals surface area (Å²) in [5.41, 5.74) is 0. The van der Waals surface area contributed by atoms with Crippen LogP contribution >= 0.6 is 0 Å². The predicted molar refractivity (Wildman–Crippen MR) is 40.7 cm³/mol. The molecule has 2 rings (SSSR count). The second-order valence-electron chi connectivity index (χ2n) is 3.41. The molecular weight excluding hydrogens is 124 g/mol. The maximum atomic E-state index is 5.17. The highest BCUT2D eigenvalue weighted by Gasteiger charge is 2.36. The number of hydrogen-bond donors (Lipinski definition) is 0. The van der Waals surface area contributed by atoms with Crippen molar-refractivity contribution in [2.24, 2.45) is 17.8 Å². The molecule has 2 bridgehead atoms. The highest BCUT2D eigenvalue weighted by atomic mass is 16.5. The van der Waals surface area contributed by atoms with E-state index in [0.29, 0.717) is 0 Å². The van der Waals surface area contributed by atoms with E-state index in [-0.39, 0.29) is 0 Å². The summed E-state index contributed by atoms with van der Waals surface area (Å²) in [6, 6.07) is 0. The lowest BCUT2D eigenvalue weighted by Gasteiger charge is -2.13. The third kappa shape index (κ3) is 0.807. The van der Waals surface area contributed by atoms with Crippen LogP contribution in [0.15, 0.2) is 12.2 Å². The van der Waals surface area contributed by atoms with Crippen molar-refractivity contribution in [1.82, 2.24) is 0 Å². The van der Waals surface area contributed by atoms with Gasteiger partial charge in [0, 0.05) is 7.11 Å². The summed E-state index contributed by atoms with van der Waals surface area (Å²) in [5, 5.41) is 0. The minimum absolute atomic E-state index is 0.824. The van der Waals surface area contributed by atoms with Gasteiger partial charge in [-0.25, -0.2) is 0 Å². The van der Waals surface area contributed by atoms with Gasteiger partial charge < -0.3 is 4.74 Å². The molecule has 0 amide bonds. The van der Waals surface area contributed by atoms with Crippen molar-refractivity contribution < 1.29 is 4.74 Å². The van der Waals surface area contributed by atoms with Crippen LogP contribution in [-0.2, 0) is 4.74 Å². The summed E-state index contributed by atoms with van der Waals surface area (Å²) in [5.74, 6) is 2.53. The van der Waals surface area contributed by atoms with Crippen LogP contribution in [-0.4, -0.2) is 13.7 Å². The lowest BCUT2D eigenvalue weighted by atomic mass is 9.98. The Hall–Kier alpha value is -0.300. The normalized spacial score (nSPS) is 43.1. The summed E-state index contributed by atoms with van der Waals surface area (Å²) in [7, 11) is 1.80. The molecule has 0 aliphatic heterocycles. The number of fused-ring (bicyclic) bond motifs is 2. The molecule has 10 heavy (non-hydrogen) atoms. The van der Waals surface area contributed by atoms with Crippen LogP contribution in [0.5, 0.6) is 0 Å². The van der Waals surface area contributed by atoms with Crippen LogP contribution in [0.1, 0.15) is 12.8 Å². The molecule has 0 aromatic carbocycles. The van der Waals surface area contributed by atoms with Gasteiger partial charge in [-0.15, -0.1) is 0 Å². The fourth-order valence-electron chi connectivity index (χ4n) is 2.33. The molecular formula is C9H14O. The number of hydrogen-bond acceptors (Lipinski definition) is 1. The van der Waals surface area contributed by atoms with Gasteiger partial charge in [-0.05, 0) is 30.6 Å². The van der Waals surface area contributed by atoms with E-state index in [0.717, 1.165) is 24.4 Å². The second-order valence-corrected chi connectivity index (χ2v) is 3.41. The lowest BCUT2D eigenvalue weighted by molar-refractivity contribution is 0.135. The quantitative estimate of drug-likeness (QED) is 0.529. The maximum absolute atomic E-state index is 5.17. The Balaban J connectivity index is 2.01. The van der Waals surface area contributed by atoms with Gasteiger partial charge in [0.1, 0.15) is 0 Å². The van der Waals surface area contributed by atoms with Gasteiger partial charge in [0.2, 0.25) is 0 Å². The molecule has 2 aliphatic carbocycles. The van der Waals surface area contributed by atoms with E-state index in [2.05, 4.69) is 12.2 Å². The topological polar surface area (TPSA) is 9.23 Å². The highest BCUT2D eigenvalue weighted by molar-refractivity contribution is 5.11. The molecule has 1 saturated carbocycles. The Morgan fingerprint density at radius 2 is 1.90 bits per heavy atom. The Morgan fingerprint density at radius 3 is 2.30 bits per heavy atom. The summed E-state index contributed by atoms with van der Waals surface area (Å²) in [4.78, 5) is 0. The Kier molecular flexibility index (Phi) is 1.53. The minimum atomic E-state index is 0.824. The first-order valence-electron chi connectivity index (χ1n) is 4.09. The molecule has 1 heteroatoms. The zero-order valence-electron chi connectivity index (χ0n) is 6.42. The first-order valence-corrected chi connectivity index (χ1v) is 4.09. The summed E-state index contributed by atoms with van der Waals surface area (Å²) in [6.07, 6.45) is 7.54. The molecule has 2 aliphatic rings. The third-order valence-corrected chi connectivity index (χ3v) is 2.90. The molecule has 56 valence electrons. The Labute approximate surface area is 62.1 Å². The molecule has 0 aromatic heterocycles. The van der Waals surface area contributed by atoms with E-state index in [1.165, 1.54) is 12.8 Å². The van der Waals surface area contributed by atoms with Gasteiger partial charge >= 0.3 is 0 Å². The zero-order chi connectivity index (χ0) is 6.97. The van der Waals surface area contributed by atoms with Crippen molar-refractivity contribution in [2.45, 2.75) is 12.8 Å². The van der Waals surface area contributed by atoms with Crippen LogP contribution in [0.3, 0.4) is 0 Å². The van der Waals surface area contributed by atoms with Gasteiger partial charge in [0.05, 0.1) is 6.61 Å². The minimum Gasteiger partial charge on any atom is -0.384 e. The number of rotatable bonds is 2. The molecule has 1 nitrogen and oxygen atoms in total. The molecule has 0 aromatic rings. The molecule has 0 spiro atoms. The highest BCUT2D eigenvalue weighted by Crippen LogP contribution is 2.44. The third-order valence-electron chi connectivity index (χ3n) is 2.90. The van der Waals surface area contributed by atoms with Crippen LogP contribution < -0.4 is 0 Å². The zero-order valence-corrected chi connectivity index (χ0v) is 6.42. The van der Waals surface area contributed by atoms with Gasteiger partial charge in [-0.2, -0.15) is 0 Å². The molecule has 1 fully saturated rings. The SMILES string of the molecule is COCC1C2C=CC1CC2. The van der Waals surface area contributed by atoms with Crippen LogP contribution in [0.25, 0.3) is 0 Å². The van der Waals surface area contributed by atoms with Crippen LogP contribution in [0, 0.1) is 17.8 Å². The summed E-state index contributed by atoms with van der Waals surface area (Å²) in [6.45, 7) is 0.961. The average Bonchev–Trinajstić information content (AvgIpc) is 2.50. The van der Waals surface area contributed by atoms with Crippen molar-refractivity contribution in [1.29, 1.82) is 0 Å². The van der Waals surface area contributed by atoms with Crippen LogP contribution in [0.4, 0.5) is 0 Å². The van der Waals surface area contributed by atoms with E-state index in [9.17, 15) is 0 Å². The van der Waals surface area contributed by atoms with Gasteiger partial charge in [-0.1, -0.05) is 12.2 Å². The average molecular weight is 138 g/mol. The summed E-state index contributed by atoms with van der Waals surface area (Å²) >= 11 is 0. The van der Waals surface area contributed by atoms with E-state index in [1.807, 2.05) is 0 Å². The standard InChI is InChI=1S/C9H14O/c1-10-6-9-7-2-3-8(9)5-4-7/h2-3,7-9H,4-6H2,1H3. The maximum Gasteiger partial charge on any atom is 0.0501 e. The smallest absolute Gasteiger partial charge is 0.0501 e. The molecule has 0 N–H and O–H groups in total. The lowest BCUT2D eigenvalue weighted by Crippen LogP contribution is -2.13. The Morgan fingerprint density at radius 1 is 1.30 bits per heavy atom.